The van der Waals surface area contributed by atoms with E-state index in [1.54, 1.807) is 6.92 Å². The predicted octanol–water partition coefficient (Wildman–Crippen LogP) is 2.39. The molecule has 0 saturated carbocycles. The molecule has 1 aromatic heterocycles. The Morgan fingerprint density at radius 3 is 2.71 bits per heavy atom. The lowest BCUT2D eigenvalue weighted by molar-refractivity contribution is 0.0699. The Balaban J connectivity index is 2.85. The molecule has 2 aromatic rings. The number of nitrogens with zero attached hydrogens (tertiary/aromatic N) is 1. The van der Waals surface area contributed by atoms with E-state index in [2.05, 4.69) is 4.98 Å². The van der Waals surface area contributed by atoms with Crippen LogP contribution in [0.5, 0.6) is 5.75 Å². The van der Waals surface area contributed by atoms with Crippen molar-refractivity contribution in [3.63, 3.8) is 0 Å². The van der Waals surface area contributed by atoms with Crippen molar-refractivity contribution in [3.8, 4) is 5.75 Å². The Morgan fingerprint density at radius 1 is 1.41 bits per heavy atom. The second-order valence-corrected chi connectivity index (χ2v) is 3.62. The number of methoxy groups -OCH3 is 1. The predicted molar refractivity (Wildman–Crippen MR) is 59.9 cm³/mol. The highest BCUT2D eigenvalue weighted by Crippen LogP contribution is 2.26. The van der Waals surface area contributed by atoms with Crippen molar-refractivity contribution in [2.45, 2.75) is 6.92 Å². The van der Waals surface area contributed by atoms with Crippen LogP contribution in [-0.2, 0) is 0 Å². The average Bonchev–Trinajstić information content (AvgIpc) is 2.27. The number of halogens is 1. The lowest BCUT2D eigenvalue weighted by Crippen LogP contribution is -2.01. The van der Waals surface area contributed by atoms with Gasteiger partial charge in [0.05, 0.1) is 18.2 Å². The first-order valence-corrected chi connectivity index (χ1v) is 4.91. The van der Waals surface area contributed by atoms with Crippen molar-refractivity contribution in [3.05, 3.63) is 35.3 Å². The highest BCUT2D eigenvalue weighted by atomic mass is 19.1. The zero-order valence-corrected chi connectivity index (χ0v) is 9.32. The van der Waals surface area contributed by atoms with E-state index in [9.17, 15) is 9.18 Å². The summed E-state index contributed by atoms with van der Waals surface area (Å²) in [6.45, 7) is 1.68. The van der Waals surface area contributed by atoms with Gasteiger partial charge in [-0.1, -0.05) is 0 Å². The van der Waals surface area contributed by atoms with E-state index >= 15 is 0 Å². The molecule has 0 fully saturated rings. The second kappa shape index (κ2) is 4.01. The number of aryl methyl sites for hydroxylation is 1. The Bertz CT molecular complexity index is 610. The smallest absolute Gasteiger partial charge is 0.336 e. The molecular weight excluding hydrogens is 225 g/mol. The fourth-order valence-electron chi connectivity index (χ4n) is 1.69. The number of pyridine rings is 1. The number of rotatable bonds is 2. The van der Waals surface area contributed by atoms with E-state index in [0.29, 0.717) is 11.2 Å². The molecule has 1 aromatic carbocycles. The SMILES string of the molecule is COc1cc2nc(C)cc(C(=O)O)c2cc1F. The molecule has 0 atom stereocenters. The van der Waals surface area contributed by atoms with Gasteiger partial charge >= 0.3 is 5.97 Å². The summed E-state index contributed by atoms with van der Waals surface area (Å²) in [5, 5.41) is 9.31. The average molecular weight is 235 g/mol. The number of aromatic nitrogens is 1. The van der Waals surface area contributed by atoms with Crippen LogP contribution in [0.1, 0.15) is 16.1 Å². The summed E-state index contributed by atoms with van der Waals surface area (Å²) in [5.41, 5.74) is 0.998. The number of carboxylic acid groups (broad SMARTS) is 1. The van der Waals surface area contributed by atoms with E-state index in [-0.39, 0.29) is 16.7 Å². The first-order chi connectivity index (χ1) is 8.02. The van der Waals surface area contributed by atoms with Crippen LogP contribution in [0.2, 0.25) is 0 Å². The van der Waals surface area contributed by atoms with Crippen LogP contribution >= 0.6 is 0 Å². The first-order valence-electron chi connectivity index (χ1n) is 4.91. The molecule has 0 amide bonds. The summed E-state index contributed by atoms with van der Waals surface area (Å²) < 4.78 is 18.3. The number of aromatic carboxylic acids is 1. The highest BCUT2D eigenvalue weighted by Gasteiger charge is 2.14. The minimum atomic E-state index is -1.11. The molecule has 0 aliphatic carbocycles. The molecule has 0 unspecified atom stereocenters. The van der Waals surface area contributed by atoms with Crippen molar-refractivity contribution in [1.82, 2.24) is 4.98 Å². The third-order valence-corrected chi connectivity index (χ3v) is 2.44. The fraction of sp³-hybridized carbons (Fsp3) is 0.167. The topological polar surface area (TPSA) is 59.4 Å². The van der Waals surface area contributed by atoms with Crippen LogP contribution in [0, 0.1) is 12.7 Å². The van der Waals surface area contributed by atoms with Crippen molar-refractivity contribution >= 4 is 16.9 Å². The number of ether oxygens (including phenoxy) is 1. The molecule has 1 N–H and O–H groups in total. The Kier molecular flexibility index (Phi) is 2.67. The highest BCUT2D eigenvalue weighted by molar-refractivity contribution is 6.02. The largest absolute Gasteiger partial charge is 0.494 e. The standard InChI is InChI=1S/C12H10FNO3/c1-6-3-8(12(15)16)7-4-9(13)11(17-2)5-10(7)14-6/h3-5H,1-2H3,(H,15,16). The van der Waals surface area contributed by atoms with Gasteiger partial charge in [0.2, 0.25) is 0 Å². The van der Waals surface area contributed by atoms with Crippen LogP contribution in [0.25, 0.3) is 10.9 Å². The van der Waals surface area contributed by atoms with Crippen molar-refractivity contribution in [1.29, 1.82) is 0 Å². The van der Waals surface area contributed by atoms with Gasteiger partial charge in [-0.3, -0.25) is 4.98 Å². The summed E-state index contributed by atoms with van der Waals surface area (Å²) in [7, 11) is 1.35. The minimum Gasteiger partial charge on any atom is -0.494 e. The Labute approximate surface area is 96.7 Å². The van der Waals surface area contributed by atoms with E-state index in [1.807, 2.05) is 0 Å². The molecule has 0 saturated heterocycles. The molecule has 0 radical (unpaired) electrons. The number of fused-ring (bicyclic) bond motifs is 1. The van der Waals surface area contributed by atoms with Gasteiger partial charge in [-0.15, -0.1) is 0 Å². The van der Waals surface area contributed by atoms with Crippen molar-refractivity contribution < 1.29 is 19.0 Å². The number of hydrogen-bond donors (Lipinski definition) is 1. The first kappa shape index (κ1) is 11.3. The maximum atomic E-state index is 13.5. The molecule has 0 aliphatic rings. The van der Waals surface area contributed by atoms with Crippen LogP contribution in [0.3, 0.4) is 0 Å². The van der Waals surface area contributed by atoms with Gasteiger partial charge in [-0.2, -0.15) is 0 Å². The van der Waals surface area contributed by atoms with E-state index in [4.69, 9.17) is 9.84 Å². The normalized spacial score (nSPS) is 10.5. The van der Waals surface area contributed by atoms with Gasteiger partial charge in [-0.25, -0.2) is 9.18 Å². The zero-order valence-electron chi connectivity index (χ0n) is 9.32. The van der Waals surface area contributed by atoms with Crippen molar-refractivity contribution in [2.24, 2.45) is 0 Å². The summed E-state index contributed by atoms with van der Waals surface area (Å²) in [6, 6.07) is 3.94. The van der Waals surface area contributed by atoms with E-state index < -0.39 is 11.8 Å². The molecule has 1 heterocycles. The van der Waals surface area contributed by atoms with Gasteiger partial charge < -0.3 is 9.84 Å². The number of benzene rings is 1. The van der Waals surface area contributed by atoms with Crippen molar-refractivity contribution in [2.75, 3.05) is 7.11 Å². The second-order valence-electron chi connectivity index (χ2n) is 3.62. The maximum Gasteiger partial charge on any atom is 0.336 e. The molecule has 0 bridgehead atoms. The Hall–Kier alpha value is -2.17. The third-order valence-electron chi connectivity index (χ3n) is 2.44. The molecule has 0 aliphatic heterocycles. The summed E-state index contributed by atoms with van der Waals surface area (Å²) in [6.07, 6.45) is 0. The molecule has 4 nitrogen and oxygen atoms in total. The molecule has 88 valence electrons. The van der Waals surface area contributed by atoms with Crippen LogP contribution < -0.4 is 4.74 Å². The van der Waals surface area contributed by atoms with E-state index in [1.165, 1.54) is 19.2 Å². The molecule has 5 heteroatoms. The molecule has 2 rings (SSSR count). The quantitative estimate of drug-likeness (QED) is 0.868. The Morgan fingerprint density at radius 2 is 2.12 bits per heavy atom. The fourth-order valence-corrected chi connectivity index (χ4v) is 1.69. The summed E-state index contributed by atoms with van der Waals surface area (Å²) in [4.78, 5) is 15.2. The van der Waals surface area contributed by atoms with Crippen LogP contribution in [0.4, 0.5) is 4.39 Å². The summed E-state index contributed by atoms with van der Waals surface area (Å²) in [5.74, 6) is -1.66. The molecule has 17 heavy (non-hydrogen) atoms. The van der Waals surface area contributed by atoms with E-state index in [0.717, 1.165) is 6.07 Å². The third kappa shape index (κ3) is 1.91. The van der Waals surface area contributed by atoms with Crippen LogP contribution in [0.15, 0.2) is 18.2 Å². The maximum absolute atomic E-state index is 13.5. The zero-order chi connectivity index (χ0) is 12.6. The molecular formula is C12H10FNO3. The lowest BCUT2D eigenvalue weighted by Gasteiger charge is -2.07. The van der Waals surface area contributed by atoms with Gasteiger partial charge in [0.15, 0.2) is 11.6 Å². The van der Waals surface area contributed by atoms with Gasteiger partial charge in [0, 0.05) is 17.1 Å². The lowest BCUT2D eigenvalue weighted by atomic mass is 10.1. The number of carboxylic acids is 1. The van der Waals surface area contributed by atoms with Gasteiger partial charge in [0.1, 0.15) is 0 Å². The number of carbonyl (C=O) groups is 1. The van der Waals surface area contributed by atoms with Gasteiger partial charge in [0.25, 0.3) is 0 Å². The minimum absolute atomic E-state index is 0.0362. The summed E-state index contributed by atoms with van der Waals surface area (Å²) >= 11 is 0. The van der Waals surface area contributed by atoms with Crippen LogP contribution in [-0.4, -0.2) is 23.2 Å². The van der Waals surface area contributed by atoms with Gasteiger partial charge in [-0.05, 0) is 19.1 Å². The molecule has 0 spiro atoms. The monoisotopic (exact) mass is 235 g/mol. The number of hydrogen-bond acceptors (Lipinski definition) is 3.